The maximum absolute atomic E-state index is 11.8. The average molecular weight is 398 g/mol. The first-order valence-electron chi connectivity index (χ1n) is 6.81. The molecule has 0 spiro atoms. The molecule has 1 aromatic carbocycles. The van der Waals surface area contributed by atoms with Gasteiger partial charge in [-0.05, 0) is 38.1 Å². The first-order chi connectivity index (χ1) is 11.0. The van der Waals surface area contributed by atoms with Gasteiger partial charge in [-0.15, -0.1) is 11.8 Å². The van der Waals surface area contributed by atoms with Gasteiger partial charge in [0.15, 0.2) is 0 Å². The average Bonchev–Trinajstić information content (AvgIpc) is 2.85. The van der Waals surface area contributed by atoms with E-state index >= 15 is 0 Å². The van der Waals surface area contributed by atoms with Crippen molar-refractivity contribution in [2.45, 2.75) is 19.6 Å². The van der Waals surface area contributed by atoms with Crippen molar-refractivity contribution in [3.05, 3.63) is 51.3 Å². The summed E-state index contributed by atoms with van der Waals surface area (Å²) >= 11 is 4.72. The van der Waals surface area contributed by atoms with E-state index in [0.29, 0.717) is 11.3 Å². The molecule has 0 fully saturated rings. The van der Waals surface area contributed by atoms with E-state index in [4.69, 9.17) is 4.52 Å². The molecule has 1 heterocycles. The van der Waals surface area contributed by atoms with Gasteiger partial charge in [-0.25, -0.2) is 0 Å². The van der Waals surface area contributed by atoms with Crippen LogP contribution in [0.3, 0.4) is 0 Å². The Kier molecular flexibility index (Phi) is 6.23. The molecule has 0 unspecified atom stereocenters. The van der Waals surface area contributed by atoms with E-state index in [2.05, 4.69) is 31.9 Å². The Morgan fingerprint density at radius 1 is 1.22 bits per heavy atom. The lowest BCUT2D eigenvalue weighted by Crippen LogP contribution is -2.42. The number of nitrogens with zero attached hydrogens (tertiary/aromatic N) is 1. The van der Waals surface area contributed by atoms with Crippen LogP contribution in [0.15, 0.2) is 33.3 Å². The Hall–Kier alpha value is -1.80. The van der Waals surface area contributed by atoms with Crippen molar-refractivity contribution >= 4 is 39.5 Å². The number of carbonyl (C=O) groups excluding carboxylic acids is 2. The normalized spacial score (nSPS) is 10.4. The van der Waals surface area contributed by atoms with Crippen molar-refractivity contribution in [3.8, 4) is 0 Å². The monoisotopic (exact) mass is 397 g/mol. The van der Waals surface area contributed by atoms with Crippen molar-refractivity contribution in [2.75, 3.05) is 5.75 Å². The van der Waals surface area contributed by atoms with Crippen LogP contribution < -0.4 is 10.9 Å². The number of nitrogens with one attached hydrogen (secondary N) is 2. The highest BCUT2D eigenvalue weighted by molar-refractivity contribution is 9.10. The highest BCUT2D eigenvalue weighted by Gasteiger charge is 2.11. The molecule has 0 saturated carbocycles. The zero-order valence-corrected chi connectivity index (χ0v) is 15.1. The van der Waals surface area contributed by atoms with Crippen LogP contribution in [0.2, 0.25) is 0 Å². The lowest BCUT2D eigenvalue weighted by molar-refractivity contribution is -0.119. The SMILES string of the molecule is Cc1noc(C)c1CSCC(=O)NNC(=O)c1ccc(Br)cc1. The second kappa shape index (κ2) is 8.16. The van der Waals surface area contributed by atoms with Crippen LogP contribution in [0.1, 0.15) is 27.4 Å². The minimum Gasteiger partial charge on any atom is -0.361 e. The molecule has 2 N–H and O–H groups in total. The minimum absolute atomic E-state index is 0.227. The van der Waals surface area contributed by atoms with Gasteiger partial charge < -0.3 is 4.52 Å². The molecule has 1 aromatic heterocycles. The summed E-state index contributed by atoms with van der Waals surface area (Å²) in [5.74, 6) is 0.993. The van der Waals surface area contributed by atoms with Crippen LogP contribution in [-0.4, -0.2) is 22.7 Å². The van der Waals surface area contributed by atoms with Crippen LogP contribution in [0, 0.1) is 13.8 Å². The topological polar surface area (TPSA) is 84.2 Å². The maximum atomic E-state index is 11.8. The molecule has 0 aliphatic heterocycles. The van der Waals surface area contributed by atoms with E-state index in [-0.39, 0.29) is 17.6 Å². The van der Waals surface area contributed by atoms with Crippen molar-refractivity contribution < 1.29 is 14.1 Å². The third-order valence-electron chi connectivity index (χ3n) is 3.08. The fourth-order valence-electron chi connectivity index (χ4n) is 1.79. The molecule has 2 aromatic rings. The summed E-state index contributed by atoms with van der Waals surface area (Å²) in [4.78, 5) is 23.6. The van der Waals surface area contributed by atoms with Crippen LogP contribution in [0.25, 0.3) is 0 Å². The van der Waals surface area contributed by atoms with Gasteiger partial charge in [-0.3, -0.25) is 20.4 Å². The van der Waals surface area contributed by atoms with Gasteiger partial charge in [0.05, 0.1) is 11.4 Å². The standard InChI is InChI=1S/C15H16BrN3O3S/c1-9-13(10(2)22-19-9)7-23-8-14(20)17-18-15(21)11-3-5-12(16)6-4-11/h3-6H,7-8H2,1-2H3,(H,17,20)(H,18,21). The van der Waals surface area contributed by atoms with Gasteiger partial charge in [-0.1, -0.05) is 21.1 Å². The van der Waals surface area contributed by atoms with Crippen LogP contribution in [0.5, 0.6) is 0 Å². The van der Waals surface area contributed by atoms with E-state index in [0.717, 1.165) is 21.5 Å². The number of benzene rings is 1. The summed E-state index contributed by atoms with van der Waals surface area (Å²) in [7, 11) is 0. The smallest absolute Gasteiger partial charge is 0.269 e. The first-order valence-corrected chi connectivity index (χ1v) is 8.76. The number of aromatic nitrogens is 1. The molecular weight excluding hydrogens is 382 g/mol. The van der Waals surface area contributed by atoms with Gasteiger partial charge >= 0.3 is 0 Å². The molecule has 2 amide bonds. The quantitative estimate of drug-likeness (QED) is 0.757. The van der Waals surface area contributed by atoms with Crippen molar-refractivity contribution in [2.24, 2.45) is 0 Å². The molecule has 122 valence electrons. The third-order valence-corrected chi connectivity index (χ3v) is 4.57. The Balaban J connectivity index is 1.73. The predicted molar refractivity (Wildman–Crippen MR) is 91.9 cm³/mol. The summed E-state index contributed by atoms with van der Waals surface area (Å²) in [5.41, 5.74) is 7.08. The Morgan fingerprint density at radius 3 is 2.52 bits per heavy atom. The first kappa shape index (κ1) is 17.6. The van der Waals surface area contributed by atoms with Crippen molar-refractivity contribution in [3.63, 3.8) is 0 Å². The number of aryl methyl sites for hydroxylation is 2. The molecule has 8 heteroatoms. The van der Waals surface area contributed by atoms with E-state index in [1.807, 2.05) is 13.8 Å². The van der Waals surface area contributed by atoms with E-state index in [1.54, 1.807) is 24.3 Å². The summed E-state index contributed by atoms with van der Waals surface area (Å²) in [5, 5.41) is 3.86. The zero-order chi connectivity index (χ0) is 16.8. The van der Waals surface area contributed by atoms with Gasteiger partial charge in [0.2, 0.25) is 5.91 Å². The molecule has 0 atom stereocenters. The summed E-state index contributed by atoms with van der Waals surface area (Å²) < 4.78 is 5.95. The number of rotatable bonds is 5. The molecule has 0 bridgehead atoms. The molecule has 6 nitrogen and oxygen atoms in total. The number of carbonyl (C=O) groups is 2. The lowest BCUT2D eigenvalue weighted by Gasteiger charge is -2.07. The minimum atomic E-state index is -0.360. The largest absolute Gasteiger partial charge is 0.361 e. The number of amides is 2. The summed E-state index contributed by atoms with van der Waals surface area (Å²) in [6.07, 6.45) is 0. The van der Waals surface area contributed by atoms with Gasteiger partial charge in [-0.2, -0.15) is 0 Å². The highest BCUT2D eigenvalue weighted by Crippen LogP contribution is 2.19. The van der Waals surface area contributed by atoms with Gasteiger partial charge in [0, 0.05) is 21.4 Å². The van der Waals surface area contributed by atoms with Gasteiger partial charge in [0.1, 0.15) is 5.76 Å². The van der Waals surface area contributed by atoms with Crippen LogP contribution >= 0.6 is 27.7 Å². The lowest BCUT2D eigenvalue weighted by atomic mass is 10.2. The van der Waals surface area contributed by atoms with E-state index < -0.39 is 0 Å². The molecule has 23 heavy (non-hydrogen) atoms. The zero-order valence-electron chi connectivity index (χ0n) is 12.7. The van der Waals surface area contributed by atoms with Crippen LogP contribution in [0.4, 0.5) is 0 Å². The second-order valence-corrected chi connectivity index (χ2v) is 6.71. The summed E-state index contributed by atoms with van der Waals surface area (Å²) in [6.45, 7) is 3.71. The van der Waals surface area contributed by atoms with Crippen molar-refractivity contribution in [1.29, 1.82) is 0 Å². The Bertz CT molecular complexity index is 681. The molecule has 0 saturated heterocycles. The molecule has 0 aliphatic carbocycles. The predicted octanol–water partition coefficient (Wildman–Crippen LogP) is 2.75. The molecule has 0 aliphatic rings. The molecule has 2 rings (SSSR count). The number of thioether (sulfide) groups is 1. The Morgan fingerprint density at radius 2 is 1.91 bits per heavy atom. The van der Waals surface area contributed by atoms with Crippen molar-refractivity contribution in [1.82, 2.24) is 16.0 Å². The second-order valence-electron chi connectivity index (χ2n) is 4.80. The fraction of sp³-hybridized carbons (Fsp3) is 0.267. The molecular formula is C15H16BrN3O3S. The number of hydrazine groups is 1. The number of hydrogen-bond acceptors (Lipinski definition) is 5. The third kappa shape index (κ3) is 5.11. The number of hydrogen-bond donors (Lipinski definition) is 2. The number of halogens is 1. The maximum Gasteiger partial charge on any atom is 0.269 e. The van der Waals surface area contributed by atoms with E-state index in [1.165, 1.54) is 11.8 Å². The highest BCUT2D eigenvalue weighted by atomic mass is 79.9. The molecule has 0 radical (unpaired) electrons. The van der Waals surface area contributed by atoms with Gasteiger partial charge in [0.25, 0.3) is 5.91 Å². The fourth-order valence-corrected chi connectivity index (χ4v) is 3.03. The van der Waals surface area contributed by atoms with Crippen LogP contribution in [-0.2, 0) is 10.5 Å². The summed E-state index contributed by atoms with van der Waals surface area (Å²) in [6, 6.07) is 6.85. The van der Waals surface area contributed by atoms with E-state index in [9.17, 15) is 9.59 Å². The Labute approximate surface area is 146 Å².